The average Bonchev–Trinajstić information content (AvgIpc) is 3.52. The topological polar surface area (TPSA) is 54.0 Å². The van der Waals surface area contributed by atoms with Gasteiger partial charge in [0.05, 0.1) is 29.9 Å². The molecular formula is C26H27F7N4O. The molecular weight excluding hydrogens is 517 g/mol. The highest BCUT2D eigenvalue weighted by molar-refractivity contribution is 5.35. The van der Waals surface area contributed by atoms with E-state index >= 15 is 0 Å². The van der Waals surface area contributed by atoms with Crippen molar-refractivity contribution in [2.24, 2.45) is 0 Å². The number of aromatic nitrogens is 3. The van der Waals surface area contributed by atoms with Gasteiger partial charge in [0, 0.05) is 12.0 Å². The molecule has 2 aromatic carbocycles. The molecule has 0 radical (unpaired) electrons. The Bertz CT molecular complexity index is 1160. The minimum Gasteiger partial charge on any atom is -0.370 e. The number of H-pyrrole nitrogens is 1. The molecule has 1 fully saturated rings. The van der Waals surface area contributed by atoms with Crippen molar-refractivity contribution in [3.05, 3.63) is 82.7 Å². The number of alkyl halides is 6. The Morgan fingerprint density at radius 2 is 1.63 bits per heavy atom. The Kier molecular flexibility index (Phi) is 8.12. The molecule has 0 saturated heterocycles. The van der Waals surface area contributed by atoms with Gasteiger partial charge in [0.15, 0.2) is 5.82 Å². The number of likely N-dealkylation sites (N-methyl/N-ethyl adjacent to an activating group) is 1. The van der Waals surface area contributed by atoms with Gasteiger partial charge in [-0.15, -0.1) is 0 Å². The molecule has 0 unspecified atom stereocenters. The van der Waals surface area contributed by atoms with E-state index in [0.29, 0.717) is 43.9 Å². The smallest absolute Gasteiger partial charge is 0.370 e. The summed E-state index contributed by atoms with van der Waals surface area (Å²) in [6, 6.07) is 7.29. The third-order valence-corrected chi connectivity index (χ3v) is 6.96. The third-order valence-electron chi connectivity index (χ3n) is 6.96. The molecule has 206 valence electrons. The molecule has 1 aliphatic carbocycles. The van der Waals surface area contributed by atoms with Gasteiger partial charge in [0.2, 0.25) is 0 Å². The summed E-state index contributed by atoms with van der Waals surface area (Å²) >= 11 is 0. The number of hydrogen-bond donors (Lipinski definition) is 1. The van der Waals surface area contributed by atoms with Crippen LogP contribution < -0.4 is 0 Å². The first-order chi connectivity index (χ1) is 17.9. The van der Waals surface area contributed by atoms with E-state index in [1.165, 1.54) is 25.4 Å². The number of benzene rings is 2. The lowest BCUT2D eigenvalue weighted by Crippen LogP contribution is -2.39. The lowest BCUT2D eigenvalue weighted by molar-refractivity contribution is -0.143. The maximum Gasteiger partial charge on any atom is 0.416 e. The molecule has 12 heteroatoms. The van der Waals surface area contributed by atoms with E-state index in [2.05, 4.69) is 20.1 Å². The summed E-state index contributed by atoms with van der Waals surface area (Å²) in [6.45, 7) is 4.46. The van der Waals surface area contributed by atoms with E-state index in [9.17, 15) is 30.7 Å². The summed E-state index contributed by atoms with van der Waals surface area (Å²) in [4.78, 5) is 6.31. The van der Waals surface area contributed by atoms with Crippen molar-refractivity contribution in [2.45, 2.75) is 69.8 Å². The van der Waals surface area contributed by atoms with Crippen LogP contribution in [0.1, 0.15) is 66.8 Å². The Labute approximate surface area is 215 Å². The normalized spacial score (nSPS) is 21.3. The second-order valence-electron chi connectivity index (χ2n) is 9.36. The van der Waals surface area contributed by atoms with Gasteiger partial charge in [-0.25, -0.2) is 9.37 Å². The molecule has 5 nitrogen and oxygen atoms in total. The third kappa shape index (κ3) is 6.35. The van der Waals surface area contributed by atoms with E-state index in [1.807, 2.05) is 6.92 Å². The summed E-state index contributed by atoms with van der Waals surface area (Å²) in [5, 5.41) is 6.77. The molecule has 4 atom stereocenters. The SMILES string of the molecule is CCN(Cc1nc[nH]n1)[C@@H]1CC[C@H](O[C@H](C)c2cc(C(F)(F)F)cc(C(F)(F)F)c2)[C@H]1c1ccc(F)cc1. The van der Waals surface area contributed by atoms with Gasteiger partial charge in [0.1, 0.15) is 12.1 Å². The lowest BCUT2D eigenvalue weighted by Gasteiger charge is -2.34. The van der Waals surface area contributed by atoms with Gasteiger partial charge in [-0.1, -0.05) is 19.1 Å². The van der Waals surface area contributed by atoms with Crippen LogP contribution in [0.2, 0.25) is 0 Å². The number of nitrogens with zero attached hydrogens (tertiary/aromatic N) is 3. The number of nitrogens with one attached hydrogen (secondary N) is 1. The van der Waals surface area contributed by atoms with Crippen LogP contribution in [0.3, 0.4) is 0 Å². The Balaban J connectivity index is 1.65. The Hall–Kier alpha value is -2.99. The van der Waals surface area contributed by atoms with Crippen molar-refractivity contribution in [2.75, 3.05) is 6.54 Å². The number of hydrogen-bond acceptors (Lipinski definition) is 4. The molecule has 1 aliphatic rings. The lowest BCUT2D eigenvalue weighted by atomic mass is 9.91. The van der Waals surface area contributed by atoms with E-state index in [0.717, 1.165) is 5.56 Å². The van der Waals surface area contributed by atoms with Crippen molar-refractivity contribution in [3.8, 4) is 0 Å². The van der Waals surface area contributed by atoms with Crippen molar-refractivity contribution < 1.29 is 35.5 Å². The van der Waals surface area contributed by atoms with Gasteiger partial charge in [-0.3, -0.25) is 10.00 Å². The van der Waals surface area contributed by atoms with E-state index < -0.39 is 41.5 Å². The molecule has 0 spiro atoms. The number of rotatable bonds is 8. The molecule has 1 heterocycles. The fourth-order valence-electron chi connectivity index (χ4n) is 5.14. The van der Waals surface area contributed by atoms with Gasteiger partial charge < -0.3 is 4.74 Å². The summed E-state index contributed by atoms with van der Waals surface area (Å²) in [6.07, 6.45) is -8.88. The zero-order chi connectivity index (χ0) is 27.7. The predicted octanol–water partition coefficient (Wildman–Crippen LogP) is 6.90. The van der Waals surface area contributed by atoms with Crippen molar-refractivity contribution in [1.29, 1.82) is 0 Å². The summed E-state index contributed by atoms with van der Waals surface area (Å²) in [7, 11) is 0. The van der Waals surface area contributed by atoms with Gasteiger partial charge in [-0.05, 0) is 67.8 Å². The first-order valence-corrected chi connectivity index (χ1v) is 12.2. The molecule has 1 aromatic heterocycles. The maximum absolute atomic E-state index is 13.7. The maximum atomic E-state index is 13.7. The summed E-state index contributed by atoms with van der Waals surface area (Å²) in [5.74, 6) is -0.165. The molecule has 1 N–H and O–H groups in total. The monoisotopic (exact) mass is 544 g/mol. The molecule has 38 heavy (non-hydrogen) atoms. The van der Waals surface area contributed by atoms with Gasteiger partial charge >= 0.3 is 12.4 Å². The second kappa shape index (κ2) is 11.0. The van der Waals surface area contributed by atoms with Crippen LogP contribution in [0, 0.1) is 5.82 Å². The summed E-state index contributed by atoms with van der Waals surface area (Å²) in [5.41, 5.74) is -2.23. The van der Waals surface area contributed by atoms with E-state index in [-0.39, 0.29) is 23.6 Å². The highest BCUT2D eigenvalue weighted by Gasteiger charge is 2.42. The van der Waals surface area contributed by atoms with Crippen LogP contribution >= 0.6 is 0 Å². The molecule has 0 bridgehead atoms. The molecule has 4 rings (SSSR count). The largest absolute Gasteiger partial charge is 0.416 e. The van der Waals surface area contributed by atoms with E-state index in [4.69, 9.17) is 4.74 Å². The highest BCUT2D eigenvalue weighted by Crippen LogP contribution is 2.43. The van der Waals surface area contributed by atoms with Crippen LogP contribution in [-0.2, 0) is 23.6 Å². The molecule has 0 amide bonds. The first-order valence-electron chi connectivity index (χ1n) is 12.2. The zero-order valence-electron chi connectivity index (χ0n) is 20.7. The average molecular weight is 545 g/mol. The van der Waals surface area contributed by atoms with Crippen molar-refractivity contribution in [3.63, 3.8) is 0 Å². The Morgan fingerprint density at radius 1 is 1.00 bits per heavy atom. The van der Waals surface area contributed by atoms with E-state index in [1.54, 1.807) is 12.1 Å². The van der Waals surface area contributed by atoms with Crippen molar-refractivity contribution >= 4 is 0 Å². The fourth-order valence-corrected chi connectivity index (χ4v) is 5.14. The van der Waals surface area contributed by atoms with Crippen LogP contribution in [0.4, 0.5) is 30.7 Å². The predicted molar refractivity (Wildman–Crippen MR) is 124 cm³/mol. The standard InChI is InChI=1S/C26H27F7N4O/c1-3-37(13-23-34-14-35-36-23)21-8-9-22(24(21)16-4-6-20(27)7-5-16)38-15(2)17-10-18(25(28,29)30)12-19(11-17)26(31,32)33/h4-7,10-12,14-15,21-22,24H,3,8-9,13H2,1-2H3,(H,34,35,36)/t15-,21-,22+,24+/m1/s1. The summed E-state index contributed by atoms with van der Waals surface area (Å²) < 4.78 is 100. The molecule has 0 aliphatic heterocycles. The van der Waals surface area contributed by atoms with Gasteiger partial charge in [0.25, 0.3) is 0 Å². The fraction of sp³-hybridized carbons (Fsp3) is 0.462. The van der Waals surface area contributed by atoms with Crippen LogP contribution in [0.25, 0.3) is 0 Å². The minimum atomic E-state index is -4.95. The Morgan fingerprint density at radius 3 is 2.16 bits per heavy atom. The number of ether oxygens (including phenoxy) is 1. The quantitative estimate of drug-likeness (QED) is 0.314. The van der Waals surface area contributed by atoms with Crippen LogP contribution in [-0.4, -0.2) is 38.8 Å². The second-order valence-corrected chi connectivity index (χ2v) is 9.36. The van der Waals surface area contributed by atoms with Crippen LogP contribution in [0.5, 0.6) is 0 Å². The van der Waals surface area contributed by atoms with Crippen molar-refractivity contribution in [1.82, 2.24) is 20.1 Å². The zero-order valence-corrected chi connectivity index (χ0v) is 20.7. The minimum absolute atomic E-state index is 0.103. The van der Waals surface area contributed by atoms with Crippen LogP contribution in [0.15, 0.2) is 48.8 Å². The van der Waals surface area contributed by atoms with Gasteiger partial charge in [-0.2, -0.15) is 31.4 Å². The number of halogens is 7. The molecule has 3 aromatic rings. The first kappa shape index (κ1) is 28.0. The molecule has 1 saturated carbocycles. The highest BCUT2D eigenvalue weighted by atomic mass is 19.4. The number of aromatic amines is 1.